The Morgan fingerprint density at radius 2 is 1.97 bits per heavy atom. The molecule has 0 unspecified atom stereocenters. The van der Waals surface area contributed by atoms with Crippen molar-refractivity contribution in [2.75, 3.05) is 12.4 Å². The van der Waals surface area contributed by atoms with Crippen LogP contribution in [0.1, 0.15) is 11.4 Å². The third kappa shape index (κ3) is 4.38. The molecule has 0 aliphatic heterocycles. The zero-order chi connectivity index (χ0) is 22.0. The second kappa shape index (κ2) is 8.52. The van der Waals surface area contributed by atoms with Crippen molar-refractivity contribution < 1.29 is 9.53 Å². The number of nitrogens with one attached hydrogen (secondary N) is 2. The number of anilines is 1. The minimum Gasteiger partial charge on any atom is -0.497 e. The average molecular weight is 436 g/mol. The predicted molar refractivity (Wildman–Crippen MR) is 119 cm³/mol. The molecular weight excluding hydrogens is 414 g/mol. The molecular formula is C21H21N7O2S. The van der Waals surface area contributed by atoms with E-state index in [1.54, 1.807) is 34.7 Å². The molecule has 0 atom stereocenters. The highest BCUT2D eigenvalue weighted by atomic mass is 32.1. The molecule has 10 heteroatoms. The number of nitrogens with zero attached hydrogens (tertiary/aromatic N) is 5. The molecule has 31 heavy (non-hydrogen) atoms. The lowest BCUT2D eigenvalue weighted by atomic mass is 10.2. The van der Waals surface area contributed by atoms with E-state index in [2.05, 4.69) is 25.6 Å². The van der Waals surface area contributed by atoms with Crippen LogP contribution in [0.2, 0.25) is 0 Å². The number of aryl methyl sites for hydroxylation is 2. The number of aromatic nitrogens is 6. The van der Waals surface area contributed by atoms with E-state index >= 15 is 0 Å². The first-order chi connectivity index (χ1) is 14.9. The van der Waals surface area contributed by atoms with Crippen LogP contribution in [0.15, 0.2) is 48.7 Å². The zero-order valence-electron chi connectivity index (χ0n) is 17.3. The van der Waals surface area contributed by atoms with Crippen LogP contribution in [0.4, 0.5) is 5.69 Å². The minimum atomic E-state index is -0.243. The summed E-state index contributed by atoms with van der Waals surface area (Å²) < 4.78 is 8.94. The Morgan fingerprint density at radius 1 is 1.19 bits per heavy atom. The lowest BCUT2D eigenvalue weighted by Gasteiger charge is -2.09. The molecule has 0 aliphatic rings. The molecule has 9 nitrogen and oxygen atoms in total. The van der Waals surface area contributed by atoms with Gasteiger partial charge in [-0.2, -0.15) is 10.2 Å². The number of benzene rings is 1. The van der Waals surface area contributed by atoms with Crippen LogP contribution in [0.25, 0.3) is 17.2 Å². The lowest BCUT2D eigenvalue weighted by Crippen LogP contribution is -2.19. The monoisotopic (exact) mass is 435 g/mol. The second-order valence-corrected chi connectivity index (χ2v) is 7.35. The Kier molecular flexibility index (Phi) is 5.63. The number of rotatable bonds is 6. The van der Waals surface area contributed by atoms with Gasteiger partial charge in [0.2, 0.25) is 5.91 Å². The molecule has 0 saturated carbocycles. The number of aromatic amines is 1. The molecule has 0 spiro atoms. The molecule has 158 valence electrons. The van der Waals surface area contributed by atoms with Crippen molar-refractivity contribution in [2.45, 2.75) is 20.4 Å². The molecule has 3 heterocycles. The van der Waals surface area contributed by atoms with Gasteiger partial charge in [0, 0.05) is 11.3 Å². The Labute approximate surface area is 183 Å². The van der Waals surface area contributed by atoms with E-state index < -0.39 is 0 Å². The zero-order valence-corrected chi connectivity index (χ0v) is 18.1. The fourth-order valence-electron chi connectivity index (χ4n) is 3.22. The molecule has 2 N–H and O–H groups in total. The van der Waals surface area contributed by atoms with E-state index in [-0.39, 0.29) is 12.5 Å². The van der Waals surface area contributed by atoms with Gasteiger partial charge in [-0.05, 0) is 68.5 Å². The summed E-state index contributed by atoms with van der Waals surface area (Å²) >= 11 is 5.31. The Bertz CT molecular complexity index is 1270. The Balaban J connectivity index is 1.48. The quantitative estimate of drug-likeness (QED) is 0.450. The highest BCUT2D eigenvalue weighted by Gasteiger charge is 2.13. The summed E-state index contributed by atoms with van der Waals surface area (Å²) in [5.41, 5.74) is 3.30. The number of H-pyrrole nitrogens is 1. The number of carbonyl (C=O) groups is 1. The standard InChI is InChI=1S/C21H21N7O2S/c1-13-10-14(2)28(26-13)18-9-6-16(11-22-18)23-19(29)12-27-20(24-25-21(27)31)15-4-7-17(30-3)8-5-15/h4-11H,12H2,1-3H3,(H,23,29)(H,25,31). The van der Waals surface area contributed by atoms with Crippen molar-refractivity contribution in [1.82, 2.24) is 29.5 Å². The molecule has 0 fully saturated rings. The van der Waals surface area contributed by atoms with E-state index in [4.69, 9.17) is 17.0 Å². The van der Waals surface area contributed by atoms with Crippen LogP contribution >= 0.6 is 12.2 Å². The number of methoxy groups -OCH3 is 1. The van der Waals surface area contributed by atoms with E-state index in [0.29, 0.717) is 22.1 Å². The highest BCUT2D eigenvalue weighted by Crippen LogP contribution is 2.21. The summed E-state index contributed by atoms with van der Waals surface area (Å²) in [6, 6.07) is 12.9. The maximum absolute atomic E-state index is 12.6. The SMILES string of the molecule is COc1ccc(-c2n[nH]c(=S)n2CC(=O)Nc2ccc(-n3nc(C)cc3C)nc2)cc1. The molecule has 4 aromatic rings. The molecule has 1 amide bonds. The summed E-state index contributed by atoms with van der Waals surface area (Å²) in [7, 11) is 1.61. The summed E-state index contributed by atoms with van der Waals surface area (Å²) in [5, 5.41) is 14.3. The van der Waals surface area contributed by atoms with E-state index in [0.717, 1.165) is 22.7 Å². The van der Waals surface area contributed by atoms with Gasteiger partial charge in [0.15, 0.2) is 16.4 Å². The van der Waals surface area contributed by atoms with Crippen molar-refractivity contribution in [1.29, 1.82) is 0 Å². The van der Waals surface area contributed by atoms with E-state index in [9.17, 15) is 4.79 Å². The topological polar surface area (TPSA) is 103 Å². The second-order valence-electron chi connectivity index (χ2n) is 6.96. The molecule has 4 rings (SSSR count). The van der Waals surface area contributed by atoms with Gasteiger partial charge >= 0.3 is 0 Å². The van der Waals surface area contributed by atoms with Crippen LogP contribution < -0.4 is 10.1 Å². The average Bonchev–Trinajstić information content (AvgIpc) is 3.30. The maximum atomic E-state index is 12.6. The van der Waals surface area contributed by atoms with Crippen LogP contribution in [-0.2, 0) is 11.3 Å². The summed E-state index contributed by atoms with van der Waals surface area (Å²) in [5.74, 6) is 1.75. The fourth-order valence-corrected chi connectivity index (χ4v) is 3.41. The van der Waals surface area contributed by atoms with Crippen molar-refractivity contribution in [2.24, 2.45) is 0 Å². The minimum absolute atomic E-state index is 0.00983. The van der Waals surface area contributed by atoms with E-state index in [1.807, 2.05) is 44.2 Å². The predicted octanol–water partition coefficient (Wildman–Crippen LogP) is 3.45. The third-order valence-corrected chi connectivity index (χ3v) is 4.98. The van der Waals surface area contributed by atoms with Gasteiger partial charge in [-0.25, -0.2) is 9.67 Å². The number of hydrogen-bond donors (Lipinski definition) is 2. The molecule has 0 saturated heterocycles. The molecule has 0 bridgehead atoms. The summed E-state index contributed by atoms with van der Waals surface area (Å²) in [6.07, 6.45) is 1.60. The number of ether oxygens (including phenoxy) is 1. The first-order valence-corrected chi connectivity index (χ1v) is 9.94. The Hall–Kier alpha value is -3.79. The van der Waals surface area contributed by atoms with Gasteiger partial charge < -0.3 is 10.1 Å². The van der Waals surface area contributed by atoms with Gasteiger partial charge in [0.25, 0.3) is 0 Å². The van der Waals surface area contributed by atoms with Crippen molar-refractivity contribution in [3.63, 3.8) is 0 Å². The number of pyridine rings is 1. The normalized spacial score (nSPS) is 10.8. The summed E-state index contributed by atoms with van der Waals surface area (Å²) in [4.78, 5) is 17.0. The first-order valence-electron chi connectivity index (χ1n) is 9.54. The van der Waals surface area contributed by atoms with Gasteiger partial charge in [-0.15, -0.1) is 0 Å². The van der Waals surface area contributed by atoms with Gasteiger partial charge in [0.1, 0.15) is 12.3 Å². The number of amides is 1. The van der Waals surface area contributed by atoms with Crippen LogP contribution in [0, 0.1) is 18.6 Å². The van der Waals surface area contributed by atoms with Gasteiger partial charge in [-0.1, -0.05) is 0 Å². The van der Waals surface area contributed by atoms with Gasteiger partial charge in [-0.3, -0.25) is 14.5 Å². The molecule has 1 aromatic carbocycles. The molecule has 0 radical (unpaired) electrons. The largest absolute Gasteiger partial charge is 0.497 e. The van der Waals surface area contributed by atoms with Crippen LogP contribution in [0.3, 0.4) is 0 Å². The van der Waals surface area contributed by atoms with E-state index in [1.165, 1.54) is 0 Å². The lowest BCUT2D eigenvalue weighted by molar-refractivity contribution is -0.116. The fraction of sp³-hybridized carbons (Fsp3) is 0.190. The maximum Gasteiger partial charge on any atom is 0.244 e. The van der Waals surface area contributed by atoms with Crippen LogP contribution in [-0.4, -0.2) is 42.5 Å². The van der Waals surface area contributed by atoms with Gasteiger partial charge in [0.05, 0.1) is 24.7 Å². The highest BCUT2D eigenvalue weighted by molar-refractivity contribution is 7.71. The number of hydrogen-bond acceptors (Lipinski definition) is 6. The number of carbonyl (C=O) groups excluding carboxylic acids is 1. The van der Waals surface area contributed by atoms with Crippen LogP contribution in [0.5, 0.6) is 5.75 Å². The van der Waals surface area contributed by atoms with Crippen molar-refractivity contribution in [3.8, 4) is 23.0 Å². The van der Waals surface area contributed by atoms with Crippen molar-refractivity contribution in [3.05, 3.63) is 64.8 Å². The Morgan fingerprint density at radius 3 is 2.58 bits per heavy atom. The van der Waals surface area contributed by atoms with Crippen molar-refractivity contribution >= 4 is 23.8 Å². The smallest absolute Gasteiger partial charge is 0.244 e. The first kappa shape index (κ1) is 20.5. The third-order valence-electron chi connectivity index (χ3n) is 4.67. The molecule has 0 aliphatic carbocycles. The molecule has 3 aromatic heterocycles. The summed E-state index contributed by atoms with van der Waals surface area (Å²) in [6.45, 7) is 3.90.